The fourth-order valence-electron chi connectivity index (χ4n) is 3.53. The van der Waals surface area contributed by atoms with E-state index in [4.69, 9.17) is 5.73 Å². The van der Waals surface area contributed by atoms with Gasteiger partial charge >= 0.3 is 0 Å². The molecule has 19 heavy (non-hydrogen) atoms. The van der Waals surface area contributed by atoms with E-state index in [1.54, 1.807) is 0 Å². The minimum Gasteiger partial charge on any atom is -0.330 e. The van der Waals surface area contributed by atoms with Crippen LogP contribution in [0.3, 0.4) is 0 Å². The van der Waals surface area contributed by atoms with Gasteiger partial charge in [-0.1, -0.05) is 37.1 Å². The molecule has 0 aliphatic carbocycles. The number of nitrogens with two attached hydrogens (primary N) is 1. The first-order valence-electron chi connectivity index (χ1n) is 7.68. The van der Waals surface area contributed by atoms with Crippen LogP contribution in [0, 0.1) is 19.8 Å². The summed E-state index contributed by atoms with van der Waals surface area (Å²) in [7, 11) is 0. The van der Waals surface area contributed by atoms with Gasteiger partial charge in [0.15, 0.2) is 0 Å². The highest BCUT2D eigenvalue weighted by Crippen LogP contribution is 2.36. The lowest BCUT2D eigenvalue weighted by Crippen LogP contribution is -2.36. The molecule has 0 aromatic heterocycles. The van der Waals surface area contributed by atoms with Gasteiger partial charge in [-0.2, -0.15) is 0 Å². The topological polar surface area (TPSA) is 29.3 Å². The van der Waals surface area contributed by atoms with E-state index < -0.39 is 0 Å². The summed E-state index contributed by atoms with van der Waals surface area (Å²) in [5.41, 5.74) is 10.3. The second-order valence-electron chi connectivity index (χ2n) is 5.93. The Morgan fingerprint density at radius 3 is 2.68 bits per heavy atom. The second kappa shape index (κ2) is 6.53. The Morgan fingerprint density at radius 2 is 2.05 bits per heavy atom. The monoisotopic (exact) mass is 260 g/mol. The van der Waals surface area contributed by atoms with E-state index in [2.05, 4.69) is 43.9 Å². The van der Waals surface area contributed by atoms with Crippen LogP contribution < -0.4 is 5.73 Å². The third kappa shape index (κ3) is 3.18. The number of rotatable bonds is 3. The molecule has 0 spiro atoms. The molecule has 106 valence electrons. The van der Waals surface area contributed by atoms with Crippen molar-refractivity contribution in [2.45, 2.75) is 46.1 Å². The fraction of sp³-hybridized carbons (Fsp3) is 0.647. The molecule has 0 saturated carbocycles. The lowest BCUT2D eigenvalue weighted by molar-refractivity contribution is 0.166. The molecule has 0 radical (unpaired) electrons. The van der Waals surface area contributed by atoms with E-state index in [1.807, 2.05) is 0 Å². The van der Waals surface area contributed by atoms with Crippen molar-refractivity contribution in [1.29, 1.82) is 0 Å². The average Bonchev–Trinajstić information content (AvgIpc) is 2.60. The van der Waals surface area contributed by atoms with Gasteiger partial charge in [-0.05, 0) is 63.4 Å². The molecule has 1 aliphatic rings. The Bertz CT molecular complexity index is 400. The molecule has 2 unspecified atom stereocenters. The maximum absolute atomic E-state index is 6.07. The van der Waals surface area contributed by atoms with Crippen LogP contribution in [0.5, 0.6) is 0 Å². The van der Waals surface area contributed by atoms with E-state index in [0.29, 0.717) is 12.0 Å². The Morgan fingerprint density at radius 1 is 1.26 bits per heavy atom. The Balaban J connectivity index is 2.39. The van der Waals surface area contributed by atoms with Crippen LogP contribution in [-0.4, -0.2) is 24.5 Å². The highest BCUT2D eigenvalue weighted by Gasteiger charge is 2.30. The van der Waals surface area contributed by atoms with Crippen molar-refractivity contribution in [3.8, 4) is 0 Å². The minimum atomic E-state index is 0.512. The molecule has 0 amide bonds. The quantitative estimate of drug-likeness (QED) is 0.902. The minimum absolute atomic E-state index is 0.512. The normalized spacial score (nSPS) is 25.3. The van der Waals surface area contributed by atoms with Crippen LogP contribution in [0.4, 0.5) is 0 Å². The predicted molar refractivity (Wildman–Crippen MR) is 82.3 cm³/mol. The number of likely N-dealkylation sites (tertiary alicyclic amines) is 1. The predicted octanol–water partition coefficient (Wildman–Crippen LogP) is 3.43. The summed E-state index contributed by atoms with van der Waals surface area (Å²) in [5, 5.41) is 0. The third-order valence-electron chi connectivity index (χ3n) is 4.56. The van der Waals surface area contributed by atoms with Crippen molar-refractivity contribution in [1.82, 2.24) is 4.90 Å². The van der Waals surface area contributed by atoms with Crippen molar-refractivity contribution in [3.63, 3.8) is 0 Å². The zero-order chi connectivity index (χ0) is 13.8. The molecule has 1 aromatic rings. The summed E-state index contributed by atoms with van der Waals surface area (Å²) in [6, 6.07) is 7.39. The summed E-state index contributed by atoms with van der Waals surface area (Å²) in [6.45, 7) is 9.82. The van der Waals surface area contributed by atoms with Crippen LogP contribution in [0.15, 0.2) is 18.2 Å². The molecule has 2 nitrogen and oxygen atoms in total. The highest BCUT2D eigenvalue weighted by molar-refractivity contribution is 5.33. The molecule has 2 heteroatoms. The van der Waals surface area contributed by atoms with Crippen LogP contribution >= 0.6 is 0 Å². The number of hydrogen-bond acceptors (Lipinski definition) is 2. The Hall–Kier alpha value is -0.860. The Kier molecular flexibility index (Phi) is 5.00. The summed E-state index contributed by atoms with van der Waals surface area (Å²) >= 11 is 0. The van der Waals surface area contributed by atoms with Gasteiger partial charge in [0.05, 0.1) is 0 Å². The maximum Gasteiger partial charge on any atom is 0.0390 e. The molecule has 1 saturated heterocycles. The van der Waals surface area contributed by atoms with Gasteiger partial charge < -0.3 is 5.73 Å². The number of benzene rings is 1. The summed E-state index contributed by atoms with van der Waals surface area (Å²) < 4.78 is 0. The van der Waals surface area contributed by atoms with Gasteiger partial charge in [0.25, 0.3) is 0 Å². The van der Waals surface area contributed by atoms with Crippen LogP contribution in [-0.2, 0) is 0 Å². The van der Waals surface area contributed by atoms with E-state index in [-0.39, 0.29) is 0 Å². The molecule has 1 heterocycles. The van der Waals surface area contributed by atoms with Crippen molar-refractivity contribution in [3.05, 3.63) is 34.9 Å². The van der Waals surface area contributed by atoms with E-state index in [9.17, 15) is 0 Å². The van der Waals surface area contributed by atoms with Crippen LogP contribution in [0.2, 0.25) is 0 Å². The van der Waals surface area contributed by atoms with Gasteiger partial charge in [0.1, 0.15) is 0 Å². The van der Waals surface area contributed by atoms with Crippen molar-refractivity contribution < 1.29 is 0 Å². The zero-order valence-corrected chi connectivity index (χ0v) is 12.7. The number of nitrogens with zero attached hydrogens (tertiary/aromatic N) is 1. The van der Waals surface area contributed by atoms with Crippen molar-refractivity contribution >= 4 is 0 Å². The van der Waals surface area contributed by atoms with Crippen molar-refractivity contribution in [2.75, 3.05) is 19.6 Å². The molecule has 0 bridgehead atoms. The van der Waals surface area contributed by atoms with E-state index in [1.165, 1.54) is 42.5 Å². The lowest BCUT2D eigenvalue weighted by Gasteiger charge is -2.35. The first-order chi connectivity index (χ1) is 9.17. The zero-order valence-electron chi connectivity index (χ0n) is 12.7. The fourth-order valence-corrected chi connectivity index (χ4v) is 3.53. The summed E-state index contributed by atoms with van der Waals surface area (Å²) in [5.74, 6) is 0.601. The van der Waals surface area contributed by atoms with Gasteiger partial charge in [-0.15, -0.1) is 0 Å². The largest absolute Gasteiger partial charge is 0.330 e. The third-order valence-corrected chi connectivity index (χ3v) is 4.56. The lowest BCUT2D eigenvalue weighted by atomic mass is 9.86. The molecule has 1 aliphatic heterocycles. The van der Waals surface area contributed by atoms with Crippen LogP contribution in [0.25, 0.3) is 0 Å². The maximum atomic E-state index is 6.07. The van der Waals surface area contributed by atoms with Gasteiger partial charge in [-0.25, -0.2) is 0 Å². The Labute approximate surface area is 118 Å². The molecule has 2 N–H and O–H groups in total. The molecule has 2 rings (SSSR count). The average molecular weight is 260 g/mol. The van der Waals surface area contributed by atoms with Gasteiger partial charge in [0.2, 0.25) is 0 Å². The smallest absolute Gasteiger partial charge is 0.0390 e. The van der Waals surface area contributed by atoms with E-state index in [0.717, 1.165) is 13.1 Å². The van der Waals surface area contributed by atoms with Gasteiger partial charge in [-0.3, -0.25) is 4.90 Å². The molecule has 2 atom stereocenters. The molecule has 1 aromatic carbocycles. The standard InChI is InChI=1S/C17H28N2/c1-4-19-10-6-5-7-15(12-18)17(19)16-9-8-13(2)11-14(16)3/h8-9,11,15,17H,4-7,10,12,18H2,1-3H3. The summed E-state index contributed by atoms with van der Waals surface area (Å²) in [6.07, 6.45) is 3.90. The first kappa shape index (κ1) is 14.5. The van der Waals surface area contributed by atoms with E-state index >= 15 is 0 Å². The SMILES string of the molecule is CCN1CCCCC(CN)C1c1ccc(C)cc1C. The summed E-state index contributed by atoms with van der Waals surface area (Å²) in [4.78, 5) is 2.63. The highest BCUT2D eigenvalue weighted by atomic mass is 15.2. The number of aryl methyl sites for hydroxylation is 2. The first-order valence-corrected chi connectivity index (χ1v) is 7.68. The van der Waals surface area contributed by atoms with Crippen LogP contribution in [0.1, 0.15) is 48.9 Å². The van der Waals surface area contributed by atoms with Gasteiger partial charge in [0, 0.05) is 6.04 Å². The second-order valence-corrected chi connectivity index (χ2v) is 5.93. The molecular weight excluding hydrogens is 232 g/mol. The number of hydrogen-bond donors (Lipinski definition) is 1. The molecule has 1 fully saturated rings. The molecular formula is C17H28N2. The van der Waals surface area contributed by atoms with Crippen molar-refractivity contribution in [2.24, 2.45) is 11.7 Å².